The summed E-state index contributed by atoms with van der Waals surface area (Å²) in [6.07, 6.45) is 0.191. The van der Waals surface area contributed by atoms with E-state index in [4.69, 9.17) is 4.74 Å². The molecule has 1 fully saturated rings. The molecule has 1 saturated heterocycles. The molecule has 3 rings (SSSR count). The first-order valence-corrected chi connectivity index (χ1v) is 6.53. The van der Waals surface area contributed by atoms with Gasteiger partial charge in [-0.2, -0.15) is 0 Å². The van der Waals surface area contributed by atoms with Crippen LogP contribution in [0.3, 0.4) is 0 Å². The van der Waals surface area contributed by atoms with Gasteiger partial charge in [0.15, 0.2) is 0 Å². The van der Waals surface area contributed by atoms with Crippen LogP contribution >= 0.6 is 0 Å². The molecule has 1 aromatic rings. The monoisotopic (exact) mass is 245 g/mol. The van der Waals surface area contributed by atoms with Gasteiger partial charge in [-0.3, -0.25) is 4.99 Å². The zero-order chi connectivity index (χ0) is 12.4. The lowest BCUT2D eigenvalue weighted by Gasteiger charge is -2.24. The second kappa shape index (κ2) is 5.08. The minimum atomic E-state index is 0.191. The second-order valence-electron chi connectivity index (χ2n) is 4.81. The number of nitrogens with one attached hydrogen (secondary N) is 1. The van der Waals surface area contributed by atoms with E-state index >= 15 is 0 Å². The van der Waals surface area contributed by atoms with E-state index < -0.39 is 0 Å². The number of rotatable bonds is 2. The summed E-state index contributed by atoms with van der Waals surface area (Å²) in [5.74, 6) is 1.10. The van der Waals surface area contributed by atoms with E-state index in [2.05, 4.69) is 46.5 Å². The molecule has 2 aliphatic rings. The van der Waals surface area contributed by atoms with Gasteiger partial charge in [-0.1, -0.05) is 24.3 Å². The Morgan fingerprint density at radius 2 is 2.17 bits per heavy atom. The summed E-state index contributed by atoms with van der Waals surface area (Å²) in [5, 5.41) is 3.35. The van der Waals surface area contributed by atoms with Crippen molar-refractivity contribution in [3.05, 3.63) is 35.4 Å². The van der Waals surface area contributed by atoms with Crippen LogP contribution in [0.1, 0.15) is 17.2 Å². The molecule has 1 unspecified atom stereocenters. The Hall–Kier alpha value is -1.39. The SMILES string of the molecule is CN1CCN=C1c1ccc(C2CNCCO2)cc1. The van der Waals surface area contributed by atoms with Crippen LogP contribution in [0.25, 0.3) is 0 Å². The summed E-state index contributed by atoms with van der Waals surface area (Å²) in [6, 6.07) is 8.60. The van der Waals surface area contributed by atoms with Gasteiger partial charge in [0.2, 0.25) is 0 Å². The van der Waals surface area contributed by atoms with Gasteiger partial charge in [0.05, 0.1) is 19.3 Å². The number of hydrogen-bond donors (Lipinski definition) is 1. The first-order chi connectivity index (χ1) is 8.84. The Bertz CT molecular complexity index is 435. The molecule has 1 N–H and O–H groups in total. The van der Waals surface area contributed by atoms with Crippen molar-refractivity contribution >= 4 is 5.84 Å². The van der Waals surface area contributed by atoms with Crippen LogP contribution < -0.4 is 5.32 Å². The number of amidine groups is 1. The molecule has 0 aliphatic carbocycles. The normalized spacial score (nSPS) is 24.2. The van der Waals surface area contributed by atoms with Crippen LogP contribution in [-0.4, -0.2) is 50.6 Å². The second-order valence-corrected chi connectivity index (χ2v) is 4.81. The van der Waals surface area contributed by atoms with Gasteiger partial charge in [-0.15, -0.1) is 0 Å². The first-order valence-electron chi connectivity index (χ1n) is 6.53. The summed E-state index contributed by atoms with van der Waals surface area (Å²) in [7, 11) is 2.09. The maximum Gasteiger partial charge on any atom is 0.130 e. The van der Waals surface area contributed by atoms with Gasteiger partial charge in [-0.25, -0.2) is 0 Å². The van der Waals surface area contributed by atoms with Crippen LogP contribution in [0, 0.1) is 0 Å². The quantitative estimate of drug-likeness (QED) is 0.846. The van der Waals surface area contributed by atoms with E-state index in [9.17, 15) is 0 Å². The average molecular weight is 245 g/mol. The van der Waals surface area contributed by atoms with Crippen molar-refractivity contribution in [1.29, 1.82) is 0 Å². The molecule has 0 amide bonds. The van der Waals surface area contributed by atoms with Gasteiger partial charge in [0.1, 0.15) is 5.84 Å². The summed E-state index contributed by atoms with van der Waals surface area (Å²) in [5.41, 5.74) is 2.44. The summed E-state index contributed by atoms with van der Waals surface area (Å²) in [6.45, 7) is 4.58. The van der Waals surface area contributed by atoms with E-state index in [0.29, 0.717) is 0 Å². The standard InChI is InChI=1S/C14H19N3O/c1-17-8-6-16-14(17)12-4-2-11(3-5-12)13-10-15-7-9-18-13/h2-5,13,15H,6-10H2,1H3. The molecule has 4 heteroatoms. The highest BCUT2D eigenvalue weighted by molar-refractivity contribution is 5.99. The molecular formula is C14H19N3O. The van der Waals surface area contributed by atoms with Crippen molar-refractivity contribution in [1.82, 2.24) is 10.2 Å². The predicted octanol–water partition coefficient (Wildman–Crippen LogP) is 1.04. The summed E-state index contributed by atoms with van der Waals surface area (Å²) >= 11 is 0. The number of benzene rings is 1. The Labute approximate surface area is 108 Å². The zero-order valence-electron chi connectivity index (χ0n) is 10.7. The van der Waals surface area contributed by atoms with Gasteiger partial charge < -0.3 is 15.0 Å². The molecule has 18 heavy (non-hydrogen) atoms. The molecule has 2 aliphatic heterocycles. The molecule has 0 aromatic heterocycles. The lowest BCUT2D eigenvalue weighted by Crippen LogP contribution is -2.33. The third kappa shape index (κ3) is 2.26. The van der Waals surface area contributed by atoms with E-state index in [1.807, 2.05) is 0 Å². The Balaban J connectivity index is 1.76. The van der Waals surface area contributed by atoms with Crippen LogP contribution in [0.2, 0.25) is 0 Å². The minimum Gasteiger partial charge on any atom is -0.371 e. The lowest BCUT2D eigenvalue weighted by atomic mass is 10.1. The van der Waals surface area contributed by atoms with Crippen molar-refractivity contribution < 1.29 is 4.74 Å². The largest absolute Gasteiger partial charge is 0.371 e. The number of aliphatic imine (C=N–C) groups is 1. The Morgan fingerprint density at radius 1 is 1.33 bits per heavy atom. The van der Waals surface area contributed by atoms with Gasteiger partial charge >= 0.3 is 0 Å². The minimum absolute atomic E-state index is 0.191. The molecule has 0 spiro atoms. The molecule has 1 aromatic carbocycles. The van der Waals surface area contributed by atoms with Gasteiger partial charge in [0, 0.05) is 32.2 Å². The molecule has 96 valence electrons. The van der Waals surface area contributed by atoms with E-state index in [1.54, 1.807) is 0 Å². The maximum absolute atomic E-state index is 5.75. The number of ether oxygens (including phenoxy) is 1. The summed E-state index contributed by atoms with van der Waals surface area (Å²) in [4.78, 5) is 6.73. The third-order valence-electron chi connectivity index (χ3n) is 3.53. The molecule has 0 saturated carbocycles. The summed E-state index contributed by atoms with van der Waals surface area (Å²) < 4.78 is 5.75. The van der Waals surface area contributed by atoms with Crippen molar-refractivity contribution in [2.45, 2.75) is 6.10 Å². The zero-order valence-corrected chi connectivity index (χ0v) is 10.7. The topological polar surface area (TPSA) is 36.9 Å². The number of likely N-dealkylation sites (N-methyl/N-ethyl adjacent to an activating group) is 1. The molecule has 0 bridgehead atoms. The third-order valence-corrected chi connectivity index (χ3v) is 3.53. The van der Waals surface area contributed by atoms with Crippen molar-refractivity contribution in [2.75, 3.05) is 39.8 Å². The Kier molecular flexibility index (Phi) is 3.30. The fourth-order valence-corrected chi connectivity index (χ4v) is 2.47. The van der Waals surface area contributed by atoms with E-state index in [-0.39, 0.29) is 6.10 Å². The Morgan fingerprint density at radius 3 is 2.78 bits per heavy atom. The fourth-order valence-electron chi connectivity index (χ4n) is 2.47. The molecule has 1 atom stereocenters. The van der Waals surface area contributed by atoms with Gasteiger partial charge in [-0.05, 0) is 5.56 Å². The average Bonchev–Trinajstić information content (AvgIpc) is 2.86. The predicted molar refractivity (Wildman–Crippen MR) is 72.0 cm³/mol. The first kappa shape index (κ1) is 11.7. The van der Waals surface area contributed by atoms with Crippen molar-refractivity contribution in [3.8, 4) is 0 Å². The number of nitrogens with zero attached hydrogens (tertiary/aromatic N) is 2. The van der Waals surface area contributed by atoms with Crippen LogP contribution in [0.15, 0.2) is 29.3 Å². The van der Waals surface area contributed by atoms with Crippen LogP contribution in [-0.2, 0) is 4.74 Å². The number of morpholine rings is 1. The van der Waals surface area contributed by atoms with Crippen molar-refractivity contribution in [3.63, 3.8) is 0 Å². The van der Waals surface area contributed by atoms with E-state index in [0.717, 1.165) is 38.6 Å². The van der Waals surface area contributed by atoms with Crippen molar-refractivity contribution in [2.24, 2.45) is 4.99 Å². The van der Waals surface area contributed by atoms with Crippen LogP contribution in [0.5, 0.6) is 0 Å². The number of hydrogen-bond acceptors (Lipinski definition) is 4. The van der Waals surface area contributed by atoms with Gasteiger partial charge in [0.25, 0.3) is 0 Å². The molecule has 2 heterocycles. The van der Waals surface area contributed by atoms with Crippen LogP contribution in [0.4, 0.5) is 0 Å². The fraction of sp³-hybridized carbons (Fsp3) is 0.500. The molecule has 0 radical (unpaired) electrons. The molecule has 4 nitrogen and oxygen atoms in total. The highest BCUT2D eigenvalue weighted by Gasteiger charge is 2.17. The van der Waals surface area contributed by atoms with E-state index in [1.165, 1.54) is 11.1 Å². The maximum atomic E-state index is 5.75. The molecular weight excluding hydrogens is 226 g/mol. The lowest BCUT2D eigenvalue weighted by molar-refractivity contribution is 0.0277. The smallest absolute Gasteiger partial charge is 0.130 e. The highest BCUT2D eigenvalue weighted by atomic mass is 16.5. The highest BCUT2D eigenvalue weighted by Crippen LogP contribution is 2.20.